The molecule has 0 saturated carbocycles. The number of terminal acetylenes is 1. The lowest BCUT2D eigenvalue weighted by molar-refractivity contribution is -0.137. The van der Waals surface area contributed by atoms with E-state index in [2.05, 4.69) is 21.9 Å². The third kappa shape index (κ3) is 4.21. The molecule has 0 aliphatic carbocycles. The first-order valence-electron chi connectivity index (χ1n) is 9.22. The van der Waals surface area contributed by atoms with Crippen molar-refractivity contribution >= 4 is 29.3 Å². The summed E-state index contributed by atoms with van der Waals surface area (Å²) in [5, 5.41) is 8.16. The summed E-state index contributed by atoms with van der Waals surface area (Å²) in [6.45, 7) is 1.33. The molecule has 28 heavy (non-hydrogen) atoms. The van der Waals surface area contributed by atoms with Crippen molar-refractivity contribution in [2.24, 2.45) is 0 Å². The monoisotopic (exact) mass is 382 g/mol. The van der Waals surface area contributed by atoms with Crippen LogP contribution in [0, 0.1) is 12.3 Å². The van der Waals surface area contributed by atoms with Crippen molar-refractivity contribution in [2.75, 3.05) is 18.4 Å². The smallest absolute Gasteiger partial charge is 0.255 e. The minimum Gasteiger partial charge on any atom is -0.326 e. The van der Waals surface area contributed by atoms with Gasteiger partial charge in [0.2, 0.25) is 17.7 Å². The quantitative estimate of drug-likeness (QED) is 0.359. The van der Waals surface area contributed by atoms with E-state index in [1.807, 2.05) is 0 Å². The molecule has 1 atom stereocenters. The highest BCUT2D eigenvalue weighted by molar-refractivity contribution is 6.06. The summed E-state index contributed by atoms with van der Waals surface area (Å²) in [7, 11) is 0. The maximum Gasteiger partial charge on any atom is 0.255 e. The van der Waals surface area contributed by atoms with E-state index in [4.69, 9.17) is 6.42 Å². The number of carbonyl (C=O) groups excluding carboxylic acids is 4. The zero-order chi connectivity index (χ0) is 20.1. The van der Waals surface area contributed by atoms with Crippen LogP contribution in [0.25, 0.3) is 0 Å². The number of imide groups is 1. The summed E-state index contributed by atoms with van der Waals surface area (Å²) < 4.78 is 0. The molecular weight excluding hydrogens is 360 g/mol. The maximum absolute atomic E-state index is 12.8. The summed E-state index contributed by atoms with van der Waals surface area (Å²) in [6.07, 6.45) is 6.62. The molecular formula is C20H22N4O4. The molecule has 1 fully saturated rings. The van der Waals surface area contributed by atoms with E-state index in [9.17, 15) is 19.2 Å². The van der Waals surface area contributed by atoms with Crippen LogP contribution in [-0.4, -0.2) is 47.7 Å². The van der Waals surface area contributed by atoms with Crippen molar-refractivity contribution in [2.45, 2.75) is 38.3 Å². The van der Waals surface area contributed by atoms with E-state index in [-0.39, 0.29) is 30.7 Å². The number of hydrogen-bond donors (Lipinski definition) is 3. The van der Waals surface area contributed by atoms with E-state index in [0.29, 0.717) is 49.2 Å². The van der Waals surface area contributed by atoms with Gasteiger partial charge in [0.1, 0.15) is 6.04 Å². The molecule has 8 nitrogen and oxygen atoms in total. The molecule has 3 rings (SSSR count). The standard InChI is InChI=1S/C20H22N4O4/c1-2-10-21-11-4-7-17(25)22-15-6-3-5-13-14(15)12-24(20(13)28)16-8-9-18(26)23-19(16)27/h1,3,5-6,16,21H,4,7-12H2,(H,22,25)(H,23,26,27). The van der Waals surface area contributed by atoms with Crippen molar-refractivity contribution < 1.29 is 19.2 Å². The van der Waals surface area contributed by atoms with E-state index >= 15 is 0 Å². The zero-order valence-corrected chi connectivity index (χ0v) is 15.4. The third-order valence-corrected chi connectivity index (χ3v) is 4.84. The van der Waals surface area contributed by atoms with Crippen molar-refractivity contribution in [3.8, 4) is 12.3 Å². The Bertz CT molecular complexity index is 858. The second-order valence-electron chi connectivity index (χ2n) is 6.76. The molecule has 1 saturated heterocycles. The topological polar surface area (TPSA) is 108 Å². The molecule has 8 heteroatoms. The van der Waals surface area contributed by atoms with Crippen molar-refractivity contribution in [3.05, 3.63) is 29.3 Å². The maximum atomic E-state index is 12.8. The number of rotatable bonds is 7. The summed E-state index contributed by atoms with van der Waals surface area (Å²) in [5.41, 5.74) is 1.73. The average molecular weight is 382 g/mol. The van der Waals surface area contributed by atoms with Crippen LogP contribution in [-0.2, 0) is 20.9 Å². The van der Waals surface area contributed by atoms with Crippen LogP contribution < -0.4 is 16.0 Å². The molecule has 0 spiro atoms. The van der Waals surface area contributed by atoms with Gasteiger partial charge in [-0.25, -0.2) is 0 Å². The second-order valence-corrected chi connectivity index (χ2v) is 6.76. The van der Waals surface area contributed by atoms with E-state index in [1.165, 1.54) is 4.90 Å². The highest BCUT2D eigenvalue weighted by Crippen LogP contribution is 2.32. The lowest BCUT2D eigenvalue weighted by atomic mass is 10.0. The number of nitrogens with zero attached hydrogens (tertiary/aromatic N) is 1. The van der Waals surface area contributed by atoms with Crippen LogP contribution in [0.3, 0.4) is 0 Å². The average Bonchev–Trinajstić information content (AvgIpc) is 2.99. The summed E-state index contributed by atoms with van der Waals surface area (Å²) in [4.78, 5) is 49.9. The molecule has 0 radical (unpaired) electrons. The number of hydrogen-bond acceptors (Lipinski definition) is 5. The van der Waals surface area contributed by atoms with Gasteiger partial charge in [0.25, 0.3) is 5.91 Å². The van der Waals surface area contributed by atoms with Gasteiger partial charge < -0.3 is 15.5 Å². The molecule has 3 N–H and O–H groups in total. The fraction of sp³-hybridized carbons (Fsp3) is 0.400. The number of nitrogens with one attached hydrogen (secondary N) is 3. The summed E-state index contributed by atoms with van der Waals surface area (Å²) in [5.74, 6) is 1.27. The minimum atomic E-state index is -0.677. The van der Waals surface area contributed by atoms with Crippen LogP contribution in [0.5, 0.6) is 0 Å². The zero-order valence-electron chi connectivity index (χ0n) is 15.4. The fourth-order valence-electron chi connectivity index (χ4n) is 3.45. The van der Waals surface area contributed by atoms with Crippen LogP contribution >= 0.6 is 0 Å². The van der Waals surface area contributed by atoms with Crippen LogP contribution in [0.2, 0.25) is 0 Å². The van der Waals surface area contributed by atoms with E-state index < -0.39 is 11.9 Å². The van der Waals surface area contributed by atoms with Gasteiger partial charge in [0.05, 0.1) is 6.54 Å². The third-order valence-electron chi connectivity index (χ3n) is 4.84. The van der Waals surface area contributed by atoms with Gasteiger partial charge in [-0.15, -0.1) is 6.42 Å². The largest absolute Gasteiger partial charge is 0.326 e. The molecule has 2 aliphatic rings. The molecule has 0 aromatic heterocycles. The fourth-order valence-corrected chi connectivity index (χ4v) is 3.45. The van der Waals surface area contributed by atoms with Gasteiger partial charge in [0, 0.05) is 36.2 Å². The number of piperidine rings is 1. The second kappa shape index (κ2) is 8.67. The van der Waals surface area contributed by atoms with E-state index in [0.717, 1.165) is 0 Å². The van der Waals surface area contributed by atoms with Crippen molar-refractivity contribution in [1.82, 2.24) is 15.5 Å². The van der Waals surface area contributed by atoms with Gasteiger partial charge >= 0.3 is 0 Å². The van der Waals surface area contributed by atoms with Crippen LogP contribution in [0.15, 0.2) is 18.2 Å². The van der Waals surface area contributed by atoms with Gasteiger partial charge in [-0.1, -0.05) is 12.0 Å². The minimum absolute atomic E-state index is 0.150. The normalized spacial score (nSPS) is 18.5. The Morgan fingerprint density at radius 3 is 2.89 bits per heavy atom. The highest BCUT2D eigenvalue weighted by atomic mass is 16.2. The van der Waals surface area contributed by atoms with Gasteiger partial charge in [-0.3, -0.25) is 24.5 Å². The van der Waals surface area contributed by atoms with Crippen molar-refractivity contribution in [1.29, 1.82) is 0 Å². The molecule has 1 aromatic rings. The molecule has 4 amide bonds. The molecule has 1 aromatic carbocycles. The Kier molecular flexibility index (Phi) is 6.06. The molecule has 1 unspecified atom stereocenters. The molecule has 146 valence electrons. The Hall–Kier alpha value is -3.18. The number of fused-ring (bicyclic) bond motifs is 1. The predicted molar refractivity (Wildman–Crippen MR) is 102 cm³/mol. The highest BCUT2D eigenvalue weighted by Gasteiger charge is 2.39. The van der Waals surface area contributed by atoms with Crippen LogP contribution in [0.4, 0.5) is 5.69 Å². The molecule has 2 heterocycles. The Morgan fingerprint density at radius 1 is 1.32 bits per heavy atom. The SMILES string of the molecule is C#CCNCCCC(=O)Nc1cccc2c1CN(C1CCC(=O)NC1=O)C2=O. The Labute approximate surface area is 163 Å². The Morgan fingerprint density at radius 2 is 2.14 bits per heavy atom. The number of carbonyl (C=O) groups is 4. The molecule has 2 aliphatic heterocycles. The van der Waals surface area contributed by atoms with Gasteiger partial charge in [0.15, 0.2) is 0 Å². The Balaban J connectivity index is 1.65. The predicted octanol–water partition coefficient (Wildman–Crippen LogP) is 0.389. The van der Waals surface area contributed by atoms with E-state index in [1.54, 1.807) is 18.2 Å². The molecule has 0 bridgehead atoms. The lowest BCUT2D eigenvalue weighted by Crippen LogP contribution is -2.52. The first-order chi connectivity index (χ1) is 13.5. The summed E-state index contributed by atoms with van der Waals surface area (Å²) in [6, 6.07) is 4.45. The van der Waals surface area contributed by atoms with Crippen LogP contribution in [0.1, 0.15) is 41.6 Å². The number of benzene rings is 1. The summed E-state index contributed by atoms with van der Waals surface area (Å²) >= 11 is 0. The lowest BCUT2D eigenvalue weighted by Gasteiger charge is -2.29. The first-order valence-corrected chi connectivity index (χ1v) is 9.22. The van der Waals surface area contributed by atoms with Gasteiger partial charge in [-0.05, 0) is 31.5 Å². The number of amides is 4. The van der Waals surface area contributed by atoms with Crippen molar-refractivity contribution in [3.63, 3.8) is 0 Å². The first kappa shape index (κ1) is 19.6. The van der Waals surface area contributed by atoms with Gasteiger partial charge in [-0.2, -0.15) is 0 Å². The number of anilines is 1.